The van der Waals surface area contributed by atoms with E-state index < -0.39 is 5.54 Å². The lowest BCUT2D eigenvalue weighted by molar-refractivity contribution is -0.160. The third-order valence-electron chi connectivity index (χ3n) is 5.12. The number of carbonyl (C=O) groups is 2. The van der Waals surface area contributed by atoms with Gasteiger partial charge in [-0.2, -0.15) is 0 Å². The summed E-state index contributed by atoms with van der Waals surface area (Å²) in [5, 5.41) is 0. The number of amides is 1. The lowest BCUT2D eigenvalue weighted by Crippen LogP contribution is -2.51. The third-order valence-corrected chi connectivity index (χ3v) is 5.12. The highest BCUT2D eigenvalue weighted by Crippen LogP contribution is 2.25. The van der Waals surface area contributed by atoms with Gasteiger partial charge >= 0.3 is 5.97 Å². The van der Waals surface area contributed by atoms with Crippen molar-refractivity contribution in [2.45, 2.75) is 70.9 Å². The Morgan fingerprint density at radius 1 is 1.23 bits per heavy atom. The van der Waals surface area contributed by atoms with Crippen LogP contribution in [0, 0.1) is 0 Å². The highest BCUT2D eigenvalue weighted by atomic mass is 16.5. The molecule has 5 nitrogen and oxygen atoms in total. The first-order chi connectivity index (χ1) is 12.3. The first-order valence-corrected chi connectivity index (χ1v) is 9.54. The van der Waals surface area contributed by atoms with Gasteiger partial charge < -0.3 is 14.4 Å². The van der Waals surface area contributed by atoms with Crippen LogP contribution in [0.2, 0.25) is 0 Å². The van der Waals surface area contributed by atoms with Crippen molar-refractivity contribution in [3.63, 3.8) is 0 Å². The van der Waals surface area contributed by atoms with Gasteiger partial charge in [-0.15, -0.1) is 0 Å². The predicted molar refractivity (Wildman–Crippen MR) is 101 cm³/mol. The van der Waals surface area contributed by atoms with Crippen molar-refractivity contribution in [2.24, 2.45) is 0 Å². The van der Waals surface area contributed by atoms with E-state index >= 15 is 0 Å². The Hall–Kier alpha value is -2.04. The molecule has 2 rings (SSSR count). The zero-order chi connectivity index (χ0) is 19.2. The van der Waals surface area contributed by atoms with Gasteiger partial charge in [-0.1, -0.05) is 12.1 Å². The maximum atomic E-state index is 12.5. The van der Waals surface area contributed by atoms with Gasteiger partial charge in [-0.3, -0.25) is 4.79 Å². The normalized spacial score (nSPS) is 14.9. The molecule has 1 aliphatic rings. The van der Waals surface area contributed by atoms with Gasteiger partial charge in [-0.25, -0.2) is 4.79 Å². The van der Waals surface area contributed by atoms with Crippen molar-refractivity contribution >= 4 is 11.9 Å². The molecule has 1 fully saturated rings. The summed E-state index contributed by atoms with van der Waals surface area (Å²) in [6, 6.07) is 7.96. The number of carbonyl (C=O) groups excluding carboxylic acids is 2. The summed E-state index contributed by atoms with van der Waals surface area (Å²) < 4.78 is 11.1. The largest absolute Gasteiger partial charge is 0.490 e. The molecule has 144 valence electrons. The lowest BCUT2D eigenvalue weighted by Gasteiger charge is -2.33. The standard InChI is InChI=1S/C21H31NO4/c1-5-25-20(24)21(2,3)22(4)19(23)14-13-16-9-8-12-18(15-16)26-17-10-6-7-11-17/h8-9,12,15,17H,5-7,10-11,13-14H2,1-4H3. The smallest absolute Gasteiger partial charge is 0.331 e. The SMILES string of the molecule is CCOC(=O)C(C)(C)N(C)C(=O)CCc1cccc(OC2CCCC2)c1. The second kappa shape index (κ2) is 9.06. The van der Waals surface area contributed by atoms with Crippen LogP contribution in [0.5, 0.6) is 5.75 Å². The summed E-state index contributed by atoms with van der Waals surface area (Å²) in [7, 11) is 1.65. The summed E-state index contributed by atoms with van der Waals surface area (Å²) in [5.41, 5.74) is 0.0942. The van der Waals surface area contributed by atoms with E-state index in [4.69, 9.17) is 9.47 Å². The fourth-order valence-corrected chi connectivity index (χ4v) is 3.15. The van der Waals surface area contributed by atoms with Gasteiger partial charge in [0.2, 0.25) is 5.91 Å². The Balaban J connectivity index is 1.91. The Labute approximate surface area is 156 Å². The van der Waals surface area contributed by atoms with Crippen LogP contribution in [0.3, 0.4) is 0 Å². The van der Waals surface area contributed by atoms with Crippen LogP contribution in [0.25, 0.3) is 0 Å². The molecule has 0 heterocycles. The molecular weight excluding hydrogens is 330 g/mol. The Kier molecular flexibility index (Phi) is 7.06. The van der Waals surface area contributed by atoms with Crippen molar-refractivity contribution in [3.8, 4) is 5.75 Å². The van der Waals surface area contributed by atoms with Crippen LogP contribution in [-0.2, 0) is 20.7 Å². The van der Waals surface area contributed by atoms with Crippen molar-refractivity contribution in [2.75, 3.05) is 13.7 Å². The molecule has 0 aliphatic heterocycles. The van der Waals surface area contributed by atoms with Crippen LogP contribution in [-0.4, -0.2) is 42.1 Å². The topological polar surface area (TPSA) is 55.8 Å². The molecule has 1 aromatic carbocycles. The monoisotopic (exact) mass is 361 g/mol. The van der Waals surface area contributed by atoms with E-state index in [2.05, 4.69) is 0 Å². The summed E-state index contributed by atoms with van der Waals surface area (Å²) in [6.45, 7) is 5.48. The Morgan fingerprint density at radius 2 is 1.92 bits per heavy atom. The molecule has 0 radical (unpaired) electrons. The maximum Gasteiger partial charge on any atom is 0.331 e. The highest BCUT2D eigenvalue weighted by Gasteiger charge is 2.36. The number of benzene rings is 1. The molecule has 0 atom stereocenters. The molecule has 0 unspecified atom stereocenters. The van der Waals surface area contributed by atoms with E-state index in [1.165, 1.54) is 17.7 Å². The fraction of sp³-hybridized carbons (Fsp3) is 0.619. The highest BCUT2D eigenvalue weighted by molar-refractivity contribution is 5.87. The number of hydrogen-bond donors (Lipinski definition) is 0. The Bertz CT molecular complexity index is 620. The fourth-order valence-electron chi connectivity index (χ4n) is 3.15. The van der Waals surface area contributed by atoms with Gasteiger partial charge in [0.1, 0.15) is 11.3 Å². The van der Waals surface area contributed by atoms with Gasteiger partial charge in [0.05, 0.1) is 12.7 Å². The second-order valence-electron chi connectivity index (χ2n) is 7.40. The van der Waals surface area contributed by atoms with Crippen molar-refractivity contribution in [1.29, 1.82) is 0 Å². The number of aryl methyl sites for hydroxylation is 1. The number of likely N-dealkylation sites (N-methyl/N-ethyl adjacent to an activating group) is 1. The van der Waals surface area contributed by atoms with E-state index in [1.54, 1.807) is 27.8 Å². The van der Waals surface area contributed by atoms with E-state index in [0.29, 0.717) is 25.6 Å². The molecule has 0 bridgehead atoms. The molecule has 0 aromatic heterocycles. The average Bonchev–Trinajstić information content (AvgIpc) is 3.12. The molecule has 0 spiro atoms. The summed E-state index contributed by atoms with van der Waals surface area (Å²) in [6.07, 6.45) is 6.00. The minimum absolute atomic E-state index is 0.0785. The summed E-state index contributed by atoms with van der Waals surface area (Å²) in [5.74, 6) is 0.412. The van der Waals surface area contributed by atoms with Gasteiger partial charge in [0, 0.05) is 13.5 Å². The van der Waals surface area contributed by atoms with Gasteiger partial charge in [-0.05, 0) is 70.6 Å². The van der Waals surface area contributed by atoms with Crippen LogP contribution in [0.15, 0.2) is 24.3 Å². The molecule has 26 heavy (non-hydrogen) atoms. The molecular formula is C21H31NO4. The third kappa shape index (κ3) is 5.23. The van der Waals surface area contributed by atoms with E-state index in [0.717, 1.165) is 24.2 Å². The van der Waals surface area contributed by atoms with Gasteiger partial charge in [0.15, 0.2) is 0 Å². The van der Waals surface area contributed by atoms with E-state index in [9.17, 15) is 9.59 Å². The van der Waals surface area contributed by atoms with Crippen LogP contribution >= 0.6 is 0 Å². The molecule has 0 saturated heterocycles. The predicted octanol–water partition coefficient (Wildman–Crippen LogP) is 3.74. The first kappa shape index (κ1) is 20.3. The molecule has 1 aliphatic carbocycles. The van der Waals surface area contributed by atoms with Crippen molar-refractivity contribution in [1.82, 2.24) is 4.90 Å². The number of nitrogens with zero attached hydrogens (tertiary/aromatic N) is 1. The summed E-state index contributed by atoms with van der Waals surface area (Å²) >= 11 is 0. The zero-order valence-corrected chi connectivity index (χ0v) is 16.4. The zero-order valence-electron chi connectivity index (χ0n) is 16.4. The molecule has 1 amide bonds. The maximum absolute atomic E-state index is 12.5. The van der Waals surface area contributed by atoms with Crippen LogP contribution < -0.4 is 4.74 Å². The van der Waals surface area contributed by atoms with Crippen LogP contribution in [0.1, 0.15) is 58.4 Å². The van der Waals surface area contributed by atoms with E-state index in [-0.39, 0.29) is 11.9 Å². The second-order valence-corrected chi connectivity index (χ2v) is 7.40. The number of rotatable bonds is 8. The summed E-state index contributed by atoms with van der Waals surface area (Å²) in [4.78, 5) is 26.1. The number of esters is 1. The quantitative estimate of drug-likeness (QED) is 0.662. The van der Waals surface area contributed by atoms with Gasteiger partial charge in [0.25, 0.3) is 0 Å². The molecule has 5 heteroatoms. The number of hydrogen-bond acceptors (Lipinski definition) is 4. The lowest BCUT2D eigenvalue weighted by atomic mass is 10.0. The van der Waals surface area contributed by atoms with Crippen molar-refractivity contribution < 1.29 is 19.1 Å². The van der Waals surface area contributed by atoms with Crippen LogP contribution in [0.4, 0.5) is 0 Å². The number of ether oxygens (including phenoxy) is 2. The molecule has 1 saturated carbocycles. The van der Waals surface area contributed by atoms with Crippen molar-refractivity contribution in [3.05, 3.63) is 29.8 Å². The molecule has 1 aromatic rings. The first-order valence-electron chi connectivity index (χ1n) is 9.54. The average molecular weight is 361 g/mol. The molecule has 0 N–H and O–H groups in total. The minimum Gasteiger partial charge on any atom is -0.490 e. The Morgan fingerprint density at radius 3 is 2.58 bits per heavy atom. The minimum atomic E-state index is -0.972. The van der Waals surface area contributed by atoms with E-state index in [1.807, 2.05) is 24.3 Å².